The van der Waals surface area contributed by atoms with Gasteiger partial charge in [-0.25, -0.2) is 14.8 Å². The lowest BCUT2D eigenvalue weighted by atomic mass is 10.2. The van der Waals surface area contributed by atoms with Gasteiger partial charge >= 0.3 is 12.3 Å². The van der Waals surface area contributed by atoms with E-state index < -0.39 is 24.2 Å². The maximum Gasteiger partial charge on any atom is 0.446 e. The van der Waals surface area contributed by atoms with Crippen LogP contribution in [-0.4, -0.2) is 67.8 Å². The number of aromatic nitrogens is 4. The number of carbonyl (C=O) groups is 3. The zero-order valence-electron chi connectivity index (χ0n) is 23.8. The highest BCUT2D eigenvalue weighted by atomic mass is 19.4. The molecule has 2 aromatic rings. The highest BCUT2D eigenvalue weighted by molar-refractivity contribution is 5.98. The number of alkyl carbamates (subject to hydrolysis) is 1. The zero-order chi connectivity index (χ0) is 30.1. The Kier molecular flexibility index (Phi) is 14.6. The second-order valence-electron chi connectivity index (χ2n) is 8.77. The molecule has 0 aliphatic carbocycles. The van der Waals surface area contributed by atoms with Gasteiger partial charge in [-0.1, -0.05) is 13.8 Å². The van der Waals surface area contributed by atoms with Crippen LogP contribution in [0.2, 0.25) is 0 Å². The van der Waals surface area contributed by atoms with Crippen molar-refractivity contribution < 1.29 is 33.7 Å². The molecule has 13 heteroatoms. The van der Waals surface area contributed by atoms with E-state index in [-0.39, 0.29) is 5.78 Å². The van der Waals surface area contributed by atoms with Gasteiger partial charge in [-0.3, -0.25) is 14.6 Å². The average Bonchev–Trinajstić information content (AvgIpc) is 3.58. The highest BCUT2D eigenvalue weighted by Gasteiger charge is 2.25. The van der Waals surface area contributed by atoms with Crippen molar-refractivity contribution in [2.45, 2.75) is 72.1 Å². The first-order chi connectivity index (χ1) is 18.1. The molecule has 1 amide bonds. The van der Waals surface area contributed by atoms with Gasteiger partial charge in [-0.2, -0.15) is 13.2 Å². The molecule has 1 aliphatic heterocycles. The summed E-state index contributed by atoms with van der Waals surface area (Å²) < 4.78 is 46.2. The predicted octanol–water partition coefficient (Wildman–Crippen LogP) is 4.68. The minimum absolute atomic E-state index is 0.0292. The summed E-state index contributed by atoms with van der Waals surface area (Å²) in [6.45, 7) is 9.08. The number of nitrogens with zero attached hydrogens (tertiary/aromatic N) is 5. The lowest BCUT2D eigenvalue weighted by Gasteiger charge is -2.19. The molecule has 0 unspecified atom stereocenters. The van der Waals surface area contributed by atoms with Gasteiger partial charge in [-0.15, -0.1) is 0 Å². The Balaban J connectivity index is 0.000000603. The number of aldehydes is 1. The molecule has 0 aromatic carbocycles. The van der Waals surface area contributed by atoms with Crippen LogP contribution in [-0.2, 0) is 23.6 Å². The third-order valence-electron chi connectivity index (χ3n) is 4.41. The molecule has 3 heterocycles. The van der Waals surface area contributed by atoms with E-state index in [1.165, 1.54) is 6.42 Å². The quantitative estimate of drug-likeness (QED) is 0.320. The van der Waals surface area contributed by atoms with Crippen LogP contribution in [0.5, 0.6) is 0 Å². The van der Waals surface area contributed by atoms with Crippen LogP contribution in [0.4, 0.5) is 18.0 Å². The normalized spacial score (nSPS) is 12.8. The number of nitrogens with one attached hydrogen (secondary N) is 1. The number of ketones is 1. The summed E-state index contributed by atoms with van der Waals surface area (Å²) in [5.41, 5.74) is 0.657. The number of halogens is 3. The average molecular weight is 546 g/mol. The fourth-order valence-electron chi connectivity index (χ4n) is 2.87. The number of carbonyl (C=O) groups excluding carboxylic acids is 3. The number of alkyl halides is 3. The lowest BCUT2D eigenvalue weighted by molar-refractivity contribution is -0.156. The summed E-state index contributed by atoms with van der Waals surface area (Å²) in [7, 11) is 3.78. The molecule has 0 saturated heterocycles. The molecule has 1 aliphatic rings. The van der Waals surface area contributed by atoms with Crippen LogP contribution in [0.3, 0.4) is 0 Å². The van der Waals surface area contributed by atoms with Gasteiger partial charge < -0.3 is 19.2 Å². The fraction of sp³-hybridized carbons (Fsp3) is 0.600. The van der Waals surface area contributed by atoms with E-state index in [9.17, 15) is 22.8 Å². The lowest BCUT2D eigenvalue weighted by Crippen LogP contribution is -2.33. The molecule has 1 N–H and O–H groups in total. The third-order valence-corrected chi connectivity index (χ3v) is 4.41. The van der Waals surface area contributed by atoms with Gasteiger partial charge in [0, 0.05) is 59.8 Å². The minimum atomic E-state index is -4.64. The number of rotatable bonds is 6. The van der Waals surface area contributed by atoms with Crippen LogP contribution < -0.4 is 5.32 Å². The fourth-order valence-corrected chi connectivity index (χ4v) is 2.87. The standard InChI is InChI=1S/C13H21N3O3.C8H11N3.C2HF3O.C2H6/c1-13(2,3)19-12(18)15-7-5-6-10(17)11-14-8-9-16(11)4;1-11-6-5-10-8(11)7-3-2-4-9-7;3-2(4,5)1-6;1-2/h8-9H,5-7H2,1-4H3,(H,15,18);5-6H,2-4H2,1H3;1H;1-2H3/i;;;1D. The molecule has 0 bridgehead atoms. The number of imidazole rings is 2. The minimum Gasteiger partial charge on any atom is -0.444 e. The van der Waals surface area contributed by atoms with E-state index in [2.05, 4.69) is 20.3 Å². The van der Waals surface area contributed by atoms with Crippen molar-refractivity contribution in [3.05, 3.63) is 36.4 Å². The first kappa shape index (κ1) is 32.5. The summed E-state index contributed by atoms with van der Waals surface area (Å²) in [6.07, 6.45) is 4.10. The maximum absolute atomic E-state index is 11.8. The SMILES string of the molecule is Cn1ccnc1C(=O)CCCNC(=O)OC(C)(C)C.Cn1ccnc1C1=NCCC1.O=CC(F)(F)F.[2H]CC. The Morgan fingerprint density at radius 2 is 1.74 bits per heavy atom. The van der Waals surface area contributed by atoms with E-state index in [1.807, 2.05) is 24.0 Å². The van der Waals surface area contributed by atoms with Crippen LogP contribution in [0.15, 0.2) is 29.8 Å². The number of ether oxygens (including phenoxy) is 1. The summed E-state index contributed by atoms with van der Waals surface area (Å²) >= 11 is 0. The zero-order valence-corrected chi connectivity index (χ0v) is 22.8. The predicted molar refractivity (Wildman–Crippen MR) is 138 cm³/mol. The molecule has 0 radical (unpaired) electrons. The first-order valence-corrected chi connectivity index (χ1v) is 12.0. The van der Waals surface area contributed by atoms with E-state index in [0.29, 0.717) is 32.1 Å². The third kappa shape index (κ3) is 14.9. The highest BCUT2D eigenvalue weighted by Crippen LogP contribution is 2.10. The van der Waals surface area contributed by atoms with Crippen LogP contribution >= 0.6 is 0 Å². The summed E-state index contributed by atoms with van der Waals surface area (Å²) in [4.78, 5) is 44.4. The van der Waals surface area contributed by atoms with Gasteiger partial charge in [0.15, 0.2) is 17.4 Å². The van der Waals surface area contributed by atoms with E-state index in [1.54, 1.807) is 51.7 Å². The van der Waals surface area contributed by atoms with E-state index >= 15 is 0 Å². The second kappa shape index (κ2) is 17.1. The Bertz CT molecular complexity index is 1050. The maximum atomic E-state index is 11.8. The van der Waals surface area contributed by atoms with Gasteiger partial charge in [-0.05, 0) is 40.0 Å². The Hall–Kier alpha value is -3.51. The van der Waals surface area contributed by atoms with E-state index in [0.717, 1.165) is 24.5 Å². The van der Waals surface area contributed by atoms with Crippen molar-refractivity contribution in [2.24, 2.45) is 19.1 Å². The largest absolute Gasteiger partial charge is 0.446 e. The molecule has 2 aromatic heterocycles. The Morgan fingerprint density at radius 3 is 2.16 bits per heavy atom. The first-order valence-electron chi connectivity index (χ1n) is 12.7. The topological polar surface area (TPSA) is 120 Å². The van der Waals surface area contributed by atoms with Crippen molar-refractivity contribution in [1.29, 1.82) is 0 Å². The molecular weight excluding hydrogens is 505 g/mol. The van der Waals surface area contributed by atoms with Gasteiger partial charge in [0.05, 0.1) is 5.71 Å². The van der Waals surface area contributed by atoms with Crippen molar-refractivity contribution in [2.75, 3.05) is 13.1 Å². The van der Waals surface area contributed by atoms with Crippen molar-refractivity contribution >= 4 is 23.9 Å². The number of amides is 1. The van der Waals surface area contributed by atoms with E-state index in [4.69, 9.17) is 10.9 Å². The van der Waals surface area contributed by atoms with Gasteiger partial charge in [0.2, 0.25) is 6.29 Å². The molecule has 0 saturated carbocycles. The van der Waals surface area contributed by atoms with Crippen molar-refractivity contribution in [3.8, 4) is 0 Å². The summed E-state index contributed by atoms with van der Waals surface area (Å²) in [6, 6.07) is 0. The second-order valence-corrected chi connectivity index (χ2v) is 8.77. The number of Topliss-reactive ketones (excluding diaryl/α,β-unsaturated/α-hetero) is 1. The van der Waals surface area contributed by atoms with Crippen LogP contribution in [0, 0.1) is 0 Å². The van der Waals surface area contributed by atoms with Gasteiger partial charge in [0.1, 0.15) is 5.60 Å². The number of hydrogen-bond donors (Lipinski definition) is 1. The summed E-state index contributed by atoms with van der Waals surface area (Å²) in [5, 5.41) is 2.61. The van der Waals surface area contributed by atoms with Crippen LogP contribution in [0.25, 0.3) is 0 Å². The molecule has 10 nitrogen and oxygen atoms in total. The molecule has 0 spiro atoms. The number of aliphatic imine (C=N–C) groups is 1. The number of hydrogen-bond acceptors (Lipinski definition) is 7. The molecule has 0 atom stereocenters. The smallest absolute Gasteiger partial charge is 0.444 e. The van der Waals surface area contributed by atoms with Crippen molar-refractivity contribution in [1.82, 2.24) is 24.4 Å². The molecular formula is C25H39F3N6O4. The van der Waals surface area contributed by atoms with Crippen molar-refractivity contribution in [3.63, 3.8) is 0 Å². The Labute approximate surface area is 223 Å². The molecule has 214 valence electrons. The van der Waals surface area contributed by atoms with Gasteiger partial charge in [0.25, 0.3) is 0 Å². The Morgan fingerprint density at radius 1 is 1.16 bits per heavy atom. The molecule has 38 heavy (non-hydrogen) atoms. The molecule has 3 rings (SSSR count). The summed E-state index contributed by atoms with van der Waals surface area (Å²) in [5.74, 6) is 1.44. The molecule has 0 fully saturated rings. The van der Waals surface area contributed by atoms with Crippen LogP contribution in [0.1, 0.15) is 78.1 Å². The number of aryl methyl sites for hydroxylation is 2. The monoisotopic (exact) mass is 545 g/mol.